The van der Waals surface area contributed by atoms with E-state index >= 15 is 0 Å². The van der Waals surface area contributed by atoms with E-state index < -0.39 is 15.8 Å². The van der Waals surface area contributed by atoms with Gasteiger partial charge in [0.25, 0.3) is 0 Å². The lowest BCUT2D eigenvalue weighted by Crippen LogP contribution is -2.50. The maximum atomic E-state index is 13.3. The smallest absolute Gasteiger partial charge is 0.243 e. The van der Waals surface area contributed by atoms with Crippen LogP contribution in [0.15, 0.2) is 29.2 Å². The highest BCUT2D eigenvalue weighted by Crippen LogP contribution is 2.20. The quantitative estimate of drug-likeness (QED) is 0.836. The molecule has 23 heavy (non-hydrogen) atoms. The maximum absolute atomic E-state index is 13.3. The van der Waals surface area contributed by atoms with E-state index in [4.69, 9.17) is 4.74 Å². The molecular formula is C16H23FN2O3S. The van der Waals surface area contributed by atoms with Crippen LogP contribution < -0.4 is 0 Å². The van der Waals surface area contributed by atoms with Crippen LogP contribution >= 0.6 is 0 Å². The Balaban J connectivity index is 1.57. The lowest BCUT2D eigenvalue weighted by molar-refractivity contribution is -0.0103. The monoisotopic (exact) mass is 342 g/mol. The molecule has 0 unspecified atom stereocenters. The van der Waals surface area contributed by atoms with Crippen molar-refractivity contribution in [3.05, 3.63) is 30.1 Å². The van der Waals surface area contributed by atoms with Crippen molar-refractivity contribution in [2.45, 2.75) is 30.3 Å². The first kappa shape index (κ1) is 16.8. The van der Waals surface area contributed by atoms with Gasteiger partial charge in [0.1, 0.15) is 5.82 Å². The topological polar surface area (TPSA) is 49.9 Å². The van der Waals surface area contributed by atoms with Crippen molar-refractivity contribution < 1.29 is 17.5 Å². The number of ether oxygens (including phenoxy) is 1. The summed E-state index contributed by atoms with van der Waals surface area (Å²) in [6.45, 7) is 3.95. The zero-order valence-corrected chi connectivity index (χ0v) is 14.0. The first-order valence-electron chi connectivity index (χ1n) is 8.15. The van der Waals surface area contributed by atoms with Crippen molar-refractivity contribution in [1.82, 2.24) is 9.21 Å². The van der Waals surface area contributed by atoms with Crippen molar-refractivity contribution in [2.75, 3.05) is 39.3 Å². The average Bonchev–Trinajstić information content (AvgIpc) is 2.56. The summed E-state index contributed by atoms with van der Waals surface area (Å²) in [5, 5.41) is 0. The number of rotatable bonds is 4. The SMILES string of the molecule is O=S(=O)(c1cccc(F)c1)N1CCN(C[C@H]2CCCCO2)CC1. The van der Waals surface area contributed by atoms with Gasteiger partial charge in [-0.05, 0) is 37.5 Å². The van der Waals surface area contributed by atoms with Crippen LogP contribution in [0.3, 0.4) is 0 Å². The van der Waals surface area contributed by atoms with Crippen LogP contribution in [0.25, 0.3) is 0 Å². The molecule has 1 aromatic rings. The molecule has 0 aliphatic carbocycles. The predicted molar refractivity (Wildman–Crippen MR) is 85.2 cm³/mol. The summed E-state index contributed by atoms with van der Waals surface area (Å²) in [5.41, 5.74) is 0. The summed E-state index contributed by atoms with van der Waals surface area (Å²) >= 11 is 0. The van der Waals surface area contributed by atoms with Gasteiger partial charge in [-0.25, -0.2) is 12.8 Å². The third kappa shape index (κ3) is 4.09. The molecule has 2 fully saturated rings. The molecule has 7 heteroatoms. The van der Waals surface area contributed by atoms with Crippen LogP contribution in [-0.2, 0) is 14.8 Å². The van der Waals surface area contributed by atoms with E-state index in [1.165, 1.54) is 28.9 Å². The Hall–Kier alpha value is -1.02. The molecule has 0 N–H and O–H groups in total. The summed E-state index contributed by atoms with van der Waals surface area (Å²) < 4.78 is 45.6. The Morgan fingerprint density at radius 2 is 1.96 bits per heavy atom. The second kappa shape index (κ2) is 7.25. The average molecular weight is 342 g/mol. The normalized spacial score (nSPS) is 24.7. The van der Waals surface area contributed by atoms with Crippen LogP contribution in [0.4, 0.5) is 4.39 Å². The van der Waals surface area contributed by atoms with Crippen LogP contribution in [0, 0.1) is 5.82 Å². The molecule has 0 amide bonds. The van der Waals surface area contributed by atoms with Crippen LogP contribution in [0.5, 0.6) is 0 Å². The second-order valence-corrected chi connectivity index (χ2v) is 8.09. The van der Waals surface area contributed by atoms with Gasteiger partial charge in [0.2, 0.25) is 10.0 Å². The van der Waals surface area contributed by atoms with E-state index in [0.717, 1.165) is 32.1 Å². The fourth-order valence-electron chi connectivity index (χ4n) is 3.17. The zero-order chi connectivity index (χ0) is 16.3. The third-order valence-corrected chi connectivity index (χ3v) is 6.40. The van der Waals surface area contributed by atoms with Crippen molar-refractivity contribution in [2.24, 2.45) is 0 Å². The minimum Gasteiger partial charge on any atom is -0.377 e. The van der Waals surface area contributed by atoms with Gasteiger partial charge < -0.3 is 4.74 Å². The number of nitrogens with zero attached hydrogens (tertiary/aromatic N) is 2. The van der Waals surface area contributed by atoms with Crippen LogP contribution in [0.1, 0.15) is 19.3 Å². The minimum absolute atomic E-state index is 0.0292. The lowest BCUT2D eigenvalue weighted by Gasteiger charge is -2.36. The third-order valence-electron chi connectivity index (χ3n) is 4.50. The Morgan fingerprint density at radius 1 is 1.17 bits per heavy atom. The molecule has 2 saturated heterocycles. The molecule has 3 rings (SSSR count). The summed E-state index contributed by atoms with van der Waals surface area (Å²) in [7, 11) is -3.61. The Morgan fingerprint density at radius 3 is 2.61 bits per heavy atom. The van der Waals surface area contributed by atoms with Gasteiger partial charge in [0.15, 0.2) is 0 Å². The van der Waals surface area contributed by atoms with Gasteiger partial charge in [-0.15, -0.1) is 0 Å². The molecule has 5 nitrogen and oxygen atoms in total. The zero-order valence-electron chi connectivity index (χ0n) is 13.2. The predicted octanol–water partition coefficient (Wildman–Crippen LogP) is 1.70. The fraction of sp³-hybridized carbons (Fsp3) is 0.625. The van der Waals surface area contributed by atoms with Gasteiger partial charge in [-0.2, -0.15) is 4.31 Å². The van der Waals surface area contributed by atoms with Gasteiger partial charge in [-0.1, -0.05) is 6.07 Å². The summed E-state index contributed by atoms with van der Waals surface area (Å²) in [4.78, 5) is 2.29. The van der Waals surface area contributed by atoms with Gasteiger partial charge in [-0.3, -0.25) is 4.90 Å². The Bertz CT molecular complexity index is 624. The first-order valence-corrected chi connectivity index (χ1v) is 9.59. The molecule has 128 valence electrons. The number of sulfonamides is 1. The number of hydrogen-bond donors (Lipinski definition) is 0. The molecule has 0 saturated carbocycles. The van der Waals surface area contributed by atoms with Crippen LogP contribution in [-0.4, -0.2) is 63.1 Å². The second-order valence-electron chi connectivity index (χ2n) is 6.15. The van der Waals surface area contributed by atoms with Gasteiger partial charge in [0, 0.05) is 39.3 Å². The van der Waals surface area contributed by atoms with E-state index in [0.29, 0.717) is 26.2 Å². The van der Waals surface area contributed by atoms with Crippen molar-refractivity contribution >= 4 is 10.0 Å². The lowest BCUT2D eigenvalue weighted by atomic mass is 10.1. The highest BCUT2D eigenvalue weighted by atomic mass is 32.2. The van der Waals surface area contributed by atoms with Gasteiger partial charge in [0.05, 0.1) is 11.0 Å². The molecule has 0 bridgehead atoms. The van der Waals surface area contributed by atoms with Crippen molar-refractivity contribution in [3.8, 4) is 0 Å². The summed E-state index contributed by atoms with van der Waals surface area (Å²) in [5.74, 6) is -0.529. The van der Waals surface area contributed by atoms with E-state index in [2.05, 4.69) is 4.90 Å². The first-order chi connectivity index (χ1) is 11.1. The highest BCUT2D eigenvalue weighted by Gasteiger charge is 2.29. The summed E-state index contributed by atoms with van der Waals surface area (Å²) in [6, 6.07) is 5.21. The largest absolute Gasteiger partial charge is 0.377 e. The van der Waals surface area contributed by atoms with Gasteiger partial charge >= 0.3 is 0 Å². The summed E-state index contributed by atoms with van der Waals surface area (Å²) in [6.07, 6.45) is 3.70. The van der Waals surface area contributed by atoms with E-state index in [-0.39, 0.29) is 11.0 Å². The van der Waals surface area contributed by atoms with E-state index in [9.17, 15) is 12.8 Å². The molecule has 2 aliphatic heterocycles. The molecule has 1 atom stereocenters. The number of piperazine rings is 1. The highest BCUT2D eigenvalue weighted by molar-refractivity contribution is 7.89. The van der Waals surface area contributed by atoms with E-state index in [1.807, 2.05) is 0 Å². The molecule has 1 aromatic carbocycles. The van der Waals surface area contributed by atoms with Crippen LogP contribution in [0.2, 0.25) is 0 Å². The van der Waals surface area contributed by atoms with Crippen molar-refractivity contribution in [1.29, 1.82) is 0 Å². The Kier molecular flexibility index (Phi) is 5.31. The molecule has 2 aliphatic rings. The number of hydrogen-bond acceptors (Lipinski definition) is 4. The molecule has 0 spiro atoms. The Labute approximate surface area is 137 Å². The van der Waals surface area contributed by atoms with E-state index in [1.54, 1.807) is 0 Å². The maximum Gasteiger partial charge on any atom is 0.243 e. The number of halogens is 1. The number of benzene rings is 1. The minimum atomic E-state index is -3.61. The fourth-order valence-corrected chi connectivity index (χ4v) is 4.62. The van der Waals surface area contributed by atoms with Crippen molar-refractivity contribution in [3.63, 3.8) is 0 Å². The molecule has 0 radical (unpaired) electrons. The molecule has 0 aromatic heterocycles. The molecule has 2 heterocycles. The molecular weight excluding hydrogens is 319 g/mol. The standard InChI is InChI=1S/C16H23FN2O3S/c17-14-4-3-6-16(12-14)23(20,21)19-9-7-18(8-10-19)13-15-5-1-2-11-22-15/h3-4,6,12,15H,1-2,5,7-11,13H2/t15-/m1/s1.